The van der Waals surface area contributed by atoms with Gasteiger partial charge in [0.15, 0.2) is 6.23 Å². The molecule has 0 radical (unpaired) electrons. The molecule has 1 fully saturated rings. The highest BCUT2D eigenvalue weighted by atomic mass is 19.1. The number of nitrogens with zero attached hydrogens (tertiary/aromatic N) is 3. The molecule has 154 valence electrons. The Morgan fingerprint density at radius 1 is 1.30 bits per heavy atom. The van der Waals surface area contributed by atoms with Crippen LogP contribution in [0.1, 0.15) is 33.3 Å². The number of rotatable bonds is 4. The van der Waals surface area contributed by atoms with Crippen molar-refractivity contribution < 1.29 is 14.3 Å². The summed E-state index contributed by atoms with van der Waals surface area (Å²) in [4.78, 5) is 15.7. The average molecular weight is 408 g/mol. The van der Waals surface area contributed by atoms with Crippen molar-refractivity contribution in [2.75, 3.05) is 19.6 Å². The van der Waals surface area contributed by atoms with Gasteiger partial charge in [0, 0.05) is 30.6 Å². The van der Waals surface area contributed by atoms with Crippen molar-refractivity contribution in [1.82, 2.24) is 15.2 Å². The standard InChI is InChI=1S/C21H21FN6O2/c22-17-6-5-13(10-18-14-3-1-2-4-15(14)20(29)26-25-18)9-16(17)21(30)27-7-8-28(12-23)19(24)11-27/h1-6,9,12,20,23-24,26,29H,7-8,10-11H2. The summed E-state index contributed by atoms with van der Waals surface area (Å²) in [5, 5.41) is 29.5. The maximum atomic E-state index is 14.5. The maximum Gasteiger partial charge on any atom is 0.257 e. The third kappa shape index (κ3) is 3.67. The van der Waals surface area contributed by atoms with Crippen LogP contribution in [-0.4, -0.2) is 58.3 Å². The van der Waals surface area contributed by atoms with Crippen molar-refractivity contribution in [3.05, 3.63) is 70.5 Å². The molecule has 0 bridgehead atoms. The molecule has 4 N–H and O–H groups in total. The van der Waals surface area contributed by atoms with Gasteiger partial charge in [-0.15, -0.1) is 0 Å². The number of carbonyl (C=O) groups is 1. The summed E-state index contributed by atoms with van der Waals surface area (Å²) in [5.74, 6) is -0.980. The van der Waals surface area contributed by atoms with Gasteiger partial charge in [0.1, 0.15) is 11.7 Å². The van der Waals surface area contributed by atoms with Gasteiger partial charge in [-0.25, -0.2) is 4.39 Å². The number of carbonyl (C=O) groups excluding carboxylic acids is 1. The minimum absolute atomic E-state index is 0.0276. The molecule has 2 aliphatic heterocycles. The van der Waals surface area contributed by atoms with Crippen LogP contribution >= 0.6 is 0 Å². The first kappa shape index (κ1) is 19.7. The minimum atomic E-state index is -0.884. The van der Waals surface area contributed by atoms with Gasteiger partial charge in [0.05, 0.1) is 24.2 Å². The lowest BCUT2D eigenvalue weighted by atomic mass is 9.95. The molecule has 2 aliphatic rings. The molecule has 1 saturated heterocycles. The predicted molar refractivity (Wildman–Crippen MR) is 110 cm³/mol. The van der Waals surface area contributed by atoms with Crippen molar-refractivity contribution >= 4 is 23.8 Å². The van der Waals surface area contributed by atoms with Crippen LogP contribution in [0.25, 0.3) is 0 Å². The summed E-state index contributed by atoms with van der Waals surface area (Å²) < 4.78 is 14.5. The summed E-state index contributed by atoms with van der Waals surface area (Å²) in [7, 11) is 0. The van der Waals surface area contributed by atoms with Crippen molar-refractivity contribution in [2.24, 2.45) is 5.10 Å². The third-order valence-electron chi connectivity index (χ3n) is 5.26. The van der Waals surface area contributed by atoms with E-state index in [0.29, 0.717) is 36.3 Å². The normalized spacial score (nSPS) is 18.4. The Morgan fingerprint density at radius 3 is 2.87 bits per heavy atom. The van der Waals surface area contributed by atoms with Gasteiger partial charge in [-0.05, 0) is 17.7 Å². The van der Waals surface area contributed by atoms with E-state index in [1.807, 2.05) is 24.3 Å². The Balaban J connectivity index is 1.56. The van der Waals surface area contributed by atoms with E-state index in [-0.39, 0.29) is 17.9 Å². The number of halogens is 1. The van der Waals surface area contributed by atoms with Crippen molar-refractivity contribution in [3.63, 3.8) is 0 Å². The van der Waals surface area contributed by atoms with E-state index in [1.54, 1.807) is 6.07 Å². The zero-order valence-electron chi connectivity index (χ0n) is 16.1. The van der Waals surface area contributed by atoms with Gasteiger partial charge < -0.3 is 14.9 Å². The van der Waals surface area contributed by atoms with Crippen LogP contribution < -0.4 is 5.43 Å². The molecule has 4 rings (SSSR count). The first-order chi connectivity index (χ1) is 14.5. The molecule has 0 saturated carbocycles. The SMILES string of the molecule is N=CN1CCN(C(=O)c2cc(CC3=NNC(O)c4ccccc43)ccc2F)CC1=N. The van der Waals surface area contributed by atoms with Crippen molar-refractivity contribution in [2.45, 2.75) is 12.6 Å². The fourth-order valence-corrected chi connectivity index (χ4v) is 3.64. The number of amides is 1. The van der Waals surface area contributed by atoms with Crippen LogP contribution in [0.2, 0.25) is 0 Å². The Bertz CT molecular complexity index is 1050. The van der Waals surface area contributed by atoms with Gasteiger partial charge in [0.2, 0.25) is 0 Å². The molecule has 0 spiro atoms. The molecule has 0 aromatic heterocycles. The summed E-state index contributed by atoms with van der Waals surface area (Å²) in [6.45, 7) is 0.666. The Morgan fingerprint density at radius 2 is 2.10 bits per heavy atom. The van der Waals surface area contributed by atoms with Crippen LogP contribution in [0.4, 0.5) is 4.39 Å². The predicted octanol–water partition coefficient (Wildman–Crippen LogP) is 1.71. The van der Waals surface area contributed by atoms with Gasteiger partial charge in [-0.1, -0.05) is 30.3 Å². The Kier molecular flexibility index (Phi) is 5.28. The number of benzene rings is 2. The monoisotopic (exact) mass is 408 g/mol. The highest BCUT2D eigenvalue weighted by Gasteiger charge is 2.27. The van der Waals surface area contributed by atoms with Crippen molar-refractivity contribution in [1.29, 1.82) is 10.8 Å². The number of piperazine rings is 1. The molecule has 1 amide bonds. The molecule has 2 aromatic rings. The Labute approximate surface area is 172 Å². The molecule has 1 atom stereocenters. The summed E-state index contributed by atoms with van der Waals surface area (Å²) in [6, 6.07) is 11.7. The van der Waals surface area contributed by atoms with E-state index < -0.39 is 18.0 Å². The van der Waals surface area contributed by atoms with E-state index >= 15 is 0 Å². The lowest BCUT2D eigenvalue weighted by molar-refractivity contribution is 0.0753. The minimum Gasteiger partial charge on any atom is -0.368 e. The van der Waals surface area contributed by atoms with Gasteiger partial charge in [0.25, 0.3) is 5.91 Å². The molecule has 2 aromatic carbocycles. The molecule has 1 unspecified atom stereocenters. The fourth-order valence-electron chi connectivity index (χ4n) is 3.64. The molecule has 2 heterocycles. The van der Waals surface area contributed by atoms with E-state index in [2.05, 4.69) is 10.5 Å². The van der Waals surface area contributed by atoms with Crippen LogP contribution in [0.3, 0.4) is 0 Å². The highest BCUT2D eigenvalue weighted by molar-refractivity contribution is 6.04. The molecular weight excluding hydrogens is 387 g/mol. The van der Waals surface area contributed by atoms with Crippen LogP contribution in [0.5, 0.6) is 0 Å². The number of hydrogen-bond acceptors (Lipinski definition) is 6. The quantitative estimate of drug-likeness (QED) is 0.455. The zero-order chi connectivity index (χ0) is 21.3. The average Bonchev–Trinajstić information content (AvgIpc) is 2.76. The molecule has 9 heteroatoms. The lowest BCUT2D eigenvalue weighted by Gasteiger charge is -2.33. The first-order valence-electron chi connectivity index (χ1n) is 9.49. The van der Waals surface area contributed by atoms with Gasteiger partial charge >= 0.3 is 0 Å². The molecule has 8 nitrogen and oxygen atoms in total. The molecule has 0 aliphatic carbocycles. The highest BCUT2D eigenvalue weighted by Crippen LogP contribution is 2.23. The number of nitrogens with one attached hydrogen (secondary N) is 3. The third-order valence-corrected chi connectivity index (χ3v) is 5.26. The van der Waals surface area contributed by atoms with Gasteiger partial charge in [-0.3, -0.25) is 21.0 Å². The van der Waals surface area contributed by atoms with E-state index in [1.165, 1.54) is 21.9 Å². The zero-order valence-corrected chi connectivity index (χ0v) is 16.1. The van der Waals surface area contributed by atoms with E-state index in [0.717, 1.165) is 11.9 Å². The smallest absolute Gasteiger partial charge is 0.257 e. The number of amidine groups is 1. The second-order valence-corrected chi connectivity index (χ2v) is 7.16. The number of hydrogen-bond donors (Lipinski definition) is 4. The topological polar surface area (TPSA) is 116 Å². The summed E-state index contributed by atoms with van der Waals surface area (Å²) >= 11 is 0. The lowest BCUT2D eigenvalue weighted by Crippen LogP contribution is -2.51. The van der Waals surface area contributed by atoms with Crippen molar-refractivity contribution in [3.8, 4) is 0 Å². The summed E-state index contributed by atoms with van der Waals surface area (Å²) in [5.41, 5.74) is 5.52. The number of hydrazone groups is 1. The largest absolute Gasteiger partial charge is 0.368 e. The second-order valence-electron chi connectivity index (χ2n) is 7.16. The number of aliphatic hydroxyl groups is 1. The molecule has 30 heavy (non-hydrogen) atoms. The Hall–Kier alpha value is -3.59. The summed E-state index contributed by atoms with van der Waals surface area (Å²) in [6.07, 6.45) is 0.526. The maximum absolute atomic E-state index is 14.5. The van der Waals surface area contributed by atoms with Crippen LogP contribution in [0.15, 0.2) is 47.6 Å². The number of fused-ring (bicyclic) bond motifs is 1. The first-order valence-corrected chi connectivity index (χ1v) is 9.49. The van der Waals surface area contributed by atoms with Crippen LogP contribution in [0, 0.1) is 16.6 Å². The van der Waals surface area contributed by atoms with E-state index in [9.17, 15) is 14.3 Å². The number of aliphatic hydroxyl groups excluding tert-OH is 1. The fraction of sp³-hybridized carbons (Fsp3) is 0.238. The van der Waals surface area contributed by atoms with E-state index in [4.69, 9.17) is 10.8 Å². The molecular formula is C21H21FN6O2. The second kappa shape index (κ2) is 8.03. The van der Waals surface area contributed by atoms with Crippen LogP contribution in [-0.2, 0) is 6.42 Å². The van der Waals surface area contributed by atoms with Gasteiger partial charge in [-0.2, -0.15) is 5.10 Å².